The van der Waals surface area contributed by atoms with Crippen LogP contribution in [-0.2, 0) is 13.1 Å². The summed E-state index contributed by atoms with van der Waals surface area (Å²) in [4.78, 5) is 0. The van der Waals surface area contributed by atoms with Gasteiger partial charge >= 0.3 is 0 Å². The van der Waals surface area contributed by atoms with E-state index < -0.39 is 0 Å². The van der Waals surface area contributed by atoms with Crippen molar-refractivity contribution in [2.24, 2.45) is 0 Å². The molecule has 0 aliphatic heterocycles. The molecule has 5 nitrogen and oxygen atoms in total. The highest BCUT2D eigenvalue weighted by Crippen LogP contribution is 2.05. The quantitative estimate of drug-likeness (QED) is 0.773. The molecule has 2 rings (SSSR count). The molecule has 0 bridgehead atoms. The van der Waals surface area contributed by atoms with Gasteiger partial charge in [0.2, 0.25) is 11.8 Å². The first-order valence-electron chi connectivity index (χ1n) is 5.92. The van der Waals surface area contributed by atoms with Gasteiger partial charge in [0.25, 0.3) is 0 Å². The Kier molecular flexibility index (Phi) is 3.93. The van der Waals surface area contributed by atoms with Crippen molar-refractivity contribution < 1.29 is 4.42 Å². The van der Waals surface area contributed by atoms with Gasteiger partial charge < -0.3 is 14.3 Å². The van der Waals surface area contributed by atoms with E-state index in [2.05, 4.69) is 39.3 Å². The van der Waals surface area contributed by atoms with Gasteiger partial charge in [-0.3, -0.25) is 0 Å². The fourth-order valence-corrected chi connectivity index (χ4v) is 1.66. The van der Waals surface area contributed by atoms with Crippen molar-refractivity contribution in [1.82, 2.24) is 20.1 Å². The van der Waals surface area contributed by atoms with E-state index in [-0.39, 0.29) is 0 Å². The summed E-state index contributed by atoms with van der Waals surface area (Å²) < 4.78 is 7.39. The summed E-state index contributed by atoms with van der Waals surface area (Å²) in [5.74, 6) is 1.25. The maximum absolute atomic E-state index is 5.34. The molecule has 0 aromatic carbocycles. The molecule has 2 heterocycles. The first-order valence-corrected chi connectivity index (χ1v) is 5.92. The molecule has 2 aromatic heterocycles. The molecule has 1 N–H and O–H groups in total. The second kappa shape index (κ2) is 5.63. The normalized spacial score (nSPS) is 10.9. The summed E-state index contributed by atoms with van der Waals surface area (Å²) in [5.41, 5.74) is 1.27. The van der Waals surface area contributed by atoms with Gasteiger partial charge in [-0.25, -0.2) is 0 Å². The Labute approximate surface area is 101 Å². The van der Waals surface area contributed by atoms with E-state index in [4.69, 9.17) is 4.42 Å². The molecule has 0 radical (unpaired) electrons. The second-order valence-electron chi connectivity index (χ2n) is 4.08. The highest BCUT2D eigenvalue weighted by atomic mass is 16.4. The topological polar surface area (TPSA) is 55.9 Å². The van der Waals surface area contributed by atoms with Gasteiger partial charge in [0.05, 0.1) is 0 Å². The maximum atomic E-state index is 5.34. The molecule has 0 amide bonds. The molecule has 0 unspecified atom stereocenters. The number of aryl methyl sites for hydroxylation is 1. The minimum atomic E-state index is 0.608. The van der Waals surface area contributed by atoms with Crippen molar-refractivity contribution in [1.29, 1.82) is 0 Å². The maximum Gasteiger partial charge on any atom is 0.236 e. The predicted octanol–water partition coefficient (Wildman–Crippen LogP) is 1.73. The van der Waals surface area contributed by atoms with E-state index >= 15 is 0 Å². The Morgan fingerprint density at radius 3 is 3.00 bits per heavy atom. The molecule has 0 spiro atoms. The van der Waals surface area contributed by atoms with Crippen LogP contribution in [0.4, 0.5) is 0 Å². The number of rotatable bonds is 6. The van der Waals surface area contributed by atoms with E-state index in [0.717, 1.165) is 19.5 Å². The Balaban J connectivity index is 1.89. The smallest absolute Gasteiger partial charge is 0.236 e. The standard InChI is InChI=1S/C12H18N4O/c1-3-5-13-7-11-4-6-16(8-11)9-12-15-14-10(2)17-12/h4,6,8,13H,3,5,7,9H2,1-2H3. The number of nitrogens with one attached hydrogen (secondary N) is 1. The lowest BCUT2D eigenvalue weighted by Crippen LogP contribution is -2.13. The monoisotopic (exact) mass is 234 g/mol. The lowest BCUT2D eigenvalue weighted by atomic mass is 10.3. The molecular formula is C12H18N4O. The third-order valence-electron chi connectivity index (χ3n) is 2.45. The van der Waals surface area contributed by atoms with Crippen LogP contribution in [0, 0.1) is 6.92 Å². The van der Waals surface area contributed by atoms with Crippen molar-refractivity contribution in [2.75, 3.05) is 6.54 Å². The van der Waals surface area contributed by atoms with Crippen LogP contribution in [-0.4, -0.2) is 21.3 Å². The van der Waals surface area contributed by atoms with Gasteiger partial charge in [0.1, 0.15) is 6.54 Å². The van der Waals surface area contributed by atoms with E-state index in [9.17, 15) is 0 Å². The lowest BCUT2D eigenvalue weighted by molar-refractivity contribution is 0.454. The third kappa shape index (κ3) is 3.42. The Hall–Kier alpha value is -1.62. The summed E-state index contributed by atoms with van der Waals surface area (Å²) in [5, 5.41) is 11.1. The number of nitrogens with zero attached hydrogens (tertiary/aromatic N) is 3. The minimum absolute atomic E-state index is 0.608. The van der Waals surface area contributed by atoms with Gasteiger partial charge in [-0.05, 0) is 24.6 Å². The SMILES string of the molecule is CCCNCc1ccn(Cc2nnc(C)o2)c1. The van der Waals surface area contributed by atoms with Crippen molar-refractivity contribution in [3.8, 4) is 0 Å². The van der Waals surface area contributed by atoms with Crippen LogP contribution in [0.1, 0.15) is 30.7 Å². The molecule has 0 atom stereocenters. The first-order chi connectivity index (χ1) is 8.28. The zero-order chi connectivity index (χ0) is 12.1. The molecule has 0 fully saturated rings. The summed E-state index contributed by atoms with van der Waals surface area (Å²) >= 11 is 0. The first kappa shape index (κ1) is 11.9. The zero-order valence-corrected chi connectivity index (χ0v) is 10.3. The lowest BCUT2D eigenvalue weighted by Gasteiger charge is -2.00. The Morgan fingerprint density at radius 1 is 1.41 bits per heavy atom. The van der Waals surface area contributed by atoms with Crippen molar-refractivity contribution in [3.63, 3.8) is 0 Å². The number of hydrogen-bond acceptors (Lipinski definition) is 4. The molecule has 17 heavy (non-hydrogen) atoms. The van der Waals surface area contributed by atoms with Gasteiger partial charge in [-0.1, -0.05) is 6.92 Å². The van der Waals surface area contributed by atoms with E-state index in [1.165, 1.54) is 5.56 Å². The Morgan fingerprint density at radius 2 is 2.29 bits per heavy atom. The molecule has 0 aliphatic carbocycles. The van der Waals surface area contributed by atoms with Crippen LogP contribution in [0.3, 0.4) is 0 Å². The molecule has 0 saturated heterocycles. The fraction of sp³-hybridized carbons (Fsp3) is 0.500. The van der Waals surface area contributed by atoms with Gasteiger partial charge in [-0.15, -0.1) is 10.2 Å². The van der Waals surface area contributed by atoms with Crippen LogP contribution in [0.25, 0.3) is 0 Å². The van der Waals surface area contributed by atoms with Crippen molar-refractivity contribution in [2.45, 2.75) is 33.4 Å². The highest BCUT2D eigenvalue weighted by Gasteiger charge is 2.03. The van der Waals surface area contributed by atoms with Crippen LogP contribution < -0.4 is 5.32 Å². The molecule has 2 aromatic rings. The molecule has 5 heteroatoms. The van der Waals surface area contributed by atoms with Gasteiger partial charge in [0.15, 0.2) is 0 Å². The third-order valence-corrected chi connectivity index (χ3v) is 2.45. The predicted molar refractivity (Wildman–Crippen MR) is 64.6 cm³/mol. The van der Waals surface area contributed by atoms with E-state index in [1.54, 1.807) is 6.92 Å². The Bertz CT molecular complexity index is 461. The van der Waals surface area contributed by atoms with Crippen LogP contribution in [0.5, 0.6) is 0 Å². The number of aromatic nitrogens is 3. The summed E-state index contributed by atoms with van der Waals surface area (Å²) in [6.07, 6.45) is 5.28. The van der Waals surface area contributed by atoms with E-state index in [0.29, 0.717) is 18.3 Å². The molecule has 0 aliphatic rings. The van der Waals surface area contributed by atoms with E-state index in [1.807, 2.05) is 6.20 Å². The second-order valence-corrected chi connectivity index (χ2v) is 4.08. The van der Waals surface area contributed by atoms with Crippen molar-refractivity contribution >= 4 is 0 Å². The zero-order valence-electron chi connectivity index (χ0n) is 10.3. The number of hydrogen-bond donors (Lipinski definition) is 1. The average molecular weight is 234 g/mol. The van der Waals surface area contributed by atoms with Crippen LogP contribution >= 0.6 is 0 Å². The van der Waals surface area contributed by atoms with Crippen LogP contribution in [0.15, 0.2) is 22.9 Å². The summed E-state index contributed by atoms with van der Waals surface area (Å²) in [6.45, 7) is 6.55. The molecule has 92 valence electrons. The average Bonchev–Trinajstić information content (AvgIpc) is 2.90. The summed E-state index contributed by atoms with van der Waals surface area (Å²) in [7, 11) is 0. The van der Waals surface area contributed by atoms with Crippen LogP contribution in [0.2, 0.25) is 0 Å². The van der Waals surface area contributed by atoms with Crippen molar-refractivity contribution in [3.05, 3.63) is 35.8 Å². The molecular weight excluding hydrogens is 216 g/mol. The van der Waals surface area contributed by atoms with Gasteiger partial charge in [0, 0.05) is 25.9 Å². The summed E-state index contributed by atoms with van der Waals surface area (Å²) in [6, 6.07) is 2.10. The fourth-order valence-electron chi connectivity index (χ4n) is 1.66. The minimum Gasteiger partial charge on any atom is -0.424 e. The largest absolute Gasteiger partial charge is 0.424 e. The molecule has 0 saturated carbocycles. The van der Waals surface area contributed by atoms with Gasteiger partial charge in [-0.2, -0.15) is 0 Å². The highest BCUT2D eigenvalue weighted by molar-refractivity contribution is 5.10.